The third kappa shape index (κ3) is 2.88. The number of hydrogen-bond acceptors (Lipinski definition) is 2. The number of nitrogens with zero attached hydrogens (tertiary/aromatic N) is 1. The molecule has 1 nitrogen and oxygen atoms in total. The molecular formula is C25H19NS. The summed E-state index contributed by atoms with van der Waals surface area (Å²) in [5, 5.41) is 2.65. The summed E-state index contributed by atoms with van der Waals surface area (Å²) in [6.07, 6.45) is 0. The molecule has 0 amide bonds. The van der Waals surface area contributed by atoms with Crippen LogP contribution in [0.5, 0.6) is 0 Å². The molecule has 27 heavy (non-hydrogen) atoms. The SMILES string of the molecule is Cc1ccc(N(c2ccccc2)c2ccc3sc4ccccc4c3c2)cc1. The third-order valence-electron chi connectivity index (χ3n) is 4.93. The number of aryl methyl sites for hydroxylation is 1. The number of anilines is 3. The first-order chi connectivity index (χ1) is 13.3. The predicted octanol–water partition coefficient (Wildman–Crippen LogP) is 7.83. The first kappa shape index (κ1) is 16.1. The number of fused-ring (bicyclic) bond motifs is 3. The van der Waals surface area contributed by atoms with E-state index in [-0.39, 0.29) is 0 Å². The van der Waals surface area contributed by atoms with E-state index in [1.807, 2.05) is 11.3 Å². The van der Waals surface area contributed by atoms with E-state index in [9.17, 15) is 0 Å². The van der Waals surface area contributed by atoms with Crippen molar-refractivity contribution in [2.45, 2.75) is 6.92 Å². The van der Waals surface area contributed by atoms with Crippen molar-refractivity contribution in [1.82, 2.24) is 0 Å². The van der Waals surface area contributed by atoms with Crippen molar-refractivity contribution in [3.05, 3.63) is 103 Å². The smallest absolute Gasteiger partial charge is 0.0468 e. The number of thiophene rings is 1. The molecule has 5 rings (SSSR count). The molecule has 1 aromatic heterocycles. The van der Waals surface area contributed by atoms with E-state index in [0.29, 0.717) is 0 Å². The Labute approximate surface area is 163 Å². The average molecular weight is 366 g/mol. The summed E-state index contributed by atoms with van der Waals surface area (Å²) in [4.78, 5) is 2.32. The maximum absolute atomic E-state index is 2.32. The molecule has 0 unspecified atom stereocenters. The summed E-state index contributed by atoms with van der Waals surface area (Å²) in [6.45, 7) is 2.13. The quantitative estimate of drug-likeness (QED) is 0.315. The van der Waals surface area contributed by atoms with Crippen LogP contribution in [0.3, 0.4) is 0 Å². The highest BCUT2D eigenvalue weighted by Crippen LogP contribution is 2.40. The first-order valence-electron chi connectivity index (χ1n) is 9.13. The Bertz CT molecular complexity index is 1220. The molecule has 0 aliphatic heterocycles. The van der Waals surface area contributed by atoms with Crippen molar-refractivity contribution in [3.63, 3.8) is 0 Å². The van der Waals surface area contributed by atoms with E-state index in [4.69, 9.17) is 0 Å². The van der Waals surface area contributed by atoms with Gasteiger partial charge in [-0.2, -0.15) is 0 Å². The van der Waals surface area contributed by atoms with Crippen molar-refractivity contribution < 1.29 is 0 Å². The highest BCUT2D eigenvalue weighted by molar-refractivity contribution is 7.25. The predicted molar refractivity (Wildman–Crippen MR) is 119 cm³/mol. The van der Waals surface area contributed by atoms with Gasteiger partial charge in [-0.15, -0.1) is 11.3 Å². The first-order valence-corrected chi connectivity index (χ1v) is 9.94. The van der Waals surface area contributed by atoms with Crippen LogP contribution in [-0.2, 0) is 0 Å². The van der Waals surface area contributed by atoms with E-state index in [0.717, 1.165) is 0 Å². The van der Waals surface area contributed by atoms with Gasteiger partial charge < -0.3 is 4.90 Å². The Balaban J connectivity index is 1.73. The Kier molecular flexibility index (Phi) is 3.92. The molecule has 0 saturated heterocycles. The van der Waals surface area contributed by atoms with E-state index < -0.39 is 0 Å². The molecule has 0 N–H and O–H groups in total. The van der Waals surface area contributed by atoms with Crippen molar-refractivity contribution >= 4 is 48.6 Å². The minimum absolute atomic E-state index is 1.17. The summed E-state index contributed by atoms with van der Waals surface area (Å²) < 4.78 is 2.67. The molecule has 0 spiro atoms. The maximum atomic E-state index is 2.32. The lowest BCUT2D eigenvalue weighted by Gasteiger charge is -2.25. The van der Waals surface area contributed by atoms with Gasteiger partial charge in [0.05, 0.1) is 0 Å². The Morgan fingerprint density at radius 2 is 1.19 bits per heavy atom. The second-order valence-electron chi connectivity index (χ2n) is 6.79. The summed E-state index contributed by atoms with van der Waals surface area (Å²) >= 11 is 1.86. The number of para-hydroxylation sites is 1. The molecule has 0 radical (unpaired) electrons. The van der Waals surface area contributed by atoms with Crippen LogP contribution in [0.2, 0.25) is 0 Å². The van der Waals surface area contributed by atoms with Crippen LogP contribution >= 0.6 is 11.3 Å². The monoisotopic (exact) mass is 365 g/mol. The molecule has 0 atom stereocenters. The zero-order valence-corrected chi connectivity index (χ0v) is 15.9. The van der Waals surface area contributed by atoms with Crippen molar-refractivity contribution in [1.29, 1.82) is 0 Å². The molecule has 5 aromatic rings. The lowest BCUT2D eigenvalue weighted by atomic mass is 10.1. The molecule has 0 saturated carbocycles. The normalized spacial score (nSPS) is 11.1. The zero-order chi connectivity index (χ0) is 18.2. The van der Waals surface area contributed by atoms with Crippen LogP contribution < -0.4 is 4.90 Å². The second kappa shape index (κ2) is 6.57. The van der Waals surface area contributed by atoms with Gasteiger partial charge in [-0.1, -0.05) is 54.1 Å². The maximum Gasteiger partial charge on any atom is 0.0468 e. The van der Waals surface area contributed by atoms with Crippen molar-refractivity contribution in [2.24, 2.45) is 0 Å². The van der Waals surface area contributed by atoms with Gasteiger partial charge in [0.15, 0.2) is 0 Å². The summed E-state index contributed by atoms with van der Waals surface area (Å²) in [6, 6.07) is 34.7. The number of benzene rings is 4. The lowest BCUT2D eigenvalue weighted by Crippen LogP contribution is -2.09. The largest absolute Gasteiger partial charge is 0.310 e. The van der Waals surface area contributed by atoms with Crippen molar-refractivity contribution in [2.75, 3.05) is 4.90 Å². The second-order valence-corrected chi connectivity index (χ2v) is 7.87. The average Bonchev–Trinajstić information content (AvgIpc) is 3.09. The summed E-state index contributed by atoms with van der Waals surface area (Å²) in [5.74, 6) is 0. The van der Waals surface area contributed by atoms with Crippen LogP contribution in [0.4, 0.5) is 17.1 Å². The van der Waals surface area contributed by atoms with Gasteiger partial charge in [0.2, 0.25) is 0 Å². The van der Waals surface area contributed by atoms with Crippen LogP contribution in [0.15, 0.2) is 97.1 Å². The third-order valence-corrected chi connectivity index (χ3v) is 6.08. The summed E-state index contributed by atoms with van der Waals surface area (Å²) in [7, 11) is 0. The Morgan fingerprint density at radius 3 is 2.00 bits per heavy atom. The number of rotatable bonds is 3. The minimum Gasteiger partial charge on any atom is -0.310 e. The fraction of sp³-hybridized carbons (Fsp3) is 0.0400. The molecule has 2 heteroatoms. The van der Waals surface area contributed by atoms with Crippen LogP contribution in [0, 0.1) is 6.92 Å². The van der Waals surface area contributed by atoms with E-state index in [1.54, 1.807) is 0 Å². The Hall–Kier alpha value is -3.10. The van der Waals surface area contributed by atoms with E-state index >= 15 is 0 Å². The minimum atomic E-state index is 1.17. The molecule has 0 aliphatic carbocycles. The van der Waals surface area contributed by atoms with Gasteiger partial charge in [0, 0.05) is 37.2 Å². The molecular weight excluding hydrogens is 346 g/mol. The van der Waals surface area contributed by atoms with Crippen LogP contribution in [0.1, 0.15) is 5.56 Å². The van der Waals surface area contributed by atoms with Gasteiger partial charge in [-0.05, 0) is 55.5 Å². The van der Waals surface area contributed by atoms with Gasteiger partial charge in [-0.3, -0.25) is 0 Å². The molecule has 4 aromatic carbocycles. The molecule has 130 valence electrons. The number of hydrogen-bond donors (Lipinski definition) is 0. The van der Waals surface area contributed by atoms with Gasteiger partial charge in [0.25, 0.3) is 0 Å². The van der Waals surface area contributed by atoms with Crippen molar-refractivity contribution in [3.8, 4) is 0 Å². The summed E-state index contributed by atoms with van der Waals surface area (Å²) in [5.41, 5.74) is 4.79. The fourth-order valence-electron chi connectivity index (χ4n) is 3.57. The molecule has 1 heterocycles. The van der Waals surface area contributed by atoms with E-state index in [1.165, 1.54) is 42.8 Å². The molecule has 0 aliphatic rings. The zero-order valence-electron chi connectivity index (χ0n) is 15.1. The van der Waals surface area contributed by atoms with Gasteiger partial charge in [-0.25, -0.2) is 0 Å². The van der Waals surface area contributed by atoms with Crippen LogP contribution in [0.25, 0.3) is 20.2 Å². The Morgan fingerprint density at radius 1 is 0.556 bits per heavy atom. The molecule has 0 fully saturated rings. The topological polar surface area (TPSA) is 3.24 Å². The van der Waals surface area contributed by atoms with E-state index in [2.05, 4.69) is 109 Å². The van der Waals surface area contributed by atoms with Gasteiger partial charge >= 0.3 is 0 Å². The highest BCUT2D eigenvalue weighted by atomic mass is 32.1. The standard InChI is InChI=1S/C25H19NS/c1-18-11-13-20(14-12-18)26(19-7-3-2-4-8-19)21-15-16-25-23(17-21)22-9-5-6-10-24(22)27-25/h2-17H,1H3. The van der Waals surface area contributed by atoms with Gasteiger partial charge in [0.1, 0.15) is 0 Å². The lowest BCUT2D eigenvalue weighted by molar-refractivity contribution is 1.28. The van der Waals surface area contributed by atoms with Crippen LogP contribution in [-0.4, -0.2) is 0 Å². The fourth-order valence-corrected chi connectivity index (χ4v) is 4.66. The molecule has 0 bridgehead atoms. The highest BCUT2D eigenvalue weighted by Gasteiger charge is 2.14.